The molecule has 1 heterocycles. The summed E-state index contributed by atoms with van der Waals surface area (Å²) < 4.78 is 33.3. The number of amides is 1. The van der Waals surface area contributed by atoms with Crippen LogP contribution >= 0.6 is 11.6 Å². The van der Waals surface area contributed by atoms with Crippen LogP contribution in [0.3, 0.4) is 0 Å². The number of aromatic nitrogens is 1. The third kappa shape index (κ3) is 4.87. The van der Waals surface area contributed by atoms with E-state index in [1.807, 2.05) is 0 Å². The normalized spacial score (nSPS) is 14.0. The van der Waals surface area contributed by atoms with Crippen LogP contribution in [-0.4, -0.2) is 19.5 Å². The van der Waals surface area contributed by atoms with Gasteiger partial charge in [0.05, 0.1) is 10.6 Å². The molecule has 2 N–H and O–H groups in total. The number of rotatable bonds is 7. The Balaban J connectivity index is 1.49. The van der Waals surface area contributed by atoms with Crippen LogP contribution in [0.4, 0.5) is 11.4 Å². The van der Waals surface area contributed by atoms with E-state index in [2.05, 4.69) is 15.2 Å². The minimum atomic E-state index is -3.76. The number of benzene rings is 2. The molecule has 0 bridgehead atoms. The van der Waals surface area contributed by atoms with Crippen molar-refractivity contribution in [2.75, 3.05) is 10.0 Å². The van der Waals surface area contributed by atoms with Gasteiger partial charge in [-0.25, -0.2) is 8.42 Å². The van der Waals surface area contributed by atoms with Gasteiger partial charge in [0.25, 0.3) is 10.0 Å². The van der Waals surface area contributed by atoms with Gasteiger partial charge in [-0.15, -0.1) is 0 Å². The average Bonchev–Trinajstić information content (AvgIpc) is 3.56. The smallest absolute Gasteiger partial charge is 0.261 e. The van der Waals surface area contributed by atoms with Gasteiger partial charge < -0.3 is 9.84 Å². The van der Waals surface area contributed by atoms with Crippen LogP contribution in [0.5, 0.6) is 0 Å². The lowest BCUT2D eigenvalue weighted by Crippen LogP contribution is -2.14. The van der Waals surface area contributed by atoms with Gasteiger partial charge in [0, 0.05) is 10.9 Å². The number of nitrogens with one attached hydrogen (secondary N) is 2. The summed E-state index contributed by atoms with van der Waals surface area (Å²) in [6, 6.07) is 11.5. The lowest BCUT2D eigenvalue weighted by Gasteiger charge is -2.11. The third-order valence-corrected chi connectivity index (χ3v) is 7.01. The number of hydrogen-bond donors (Lipinski definition) is 2. The molecular weight excluding hydrogens is 450 g/mol. The van der Waals surface area contributed by atoms with Gasteiger partial charge in [-0.2, -0.15) is 0 Å². The van der Waals surface area contributed by atoms with Gasteiger partial charge in [-0.3, -0.25) is 9.52 Å². The zero-order valence-electron chi connectivity index (χ0n) is 17.6. The Morgan fingerprint density at radius 2 is 1.84 bits per heavy atom. The lowest BCUT2D eigenvalue weighted by atomic mass is 10.2. The summed E-state index contributed by atoms with van der Waals surface area (Å²) in [7, 11) is -3.76. The SMILES string of the molecule is Cc1noc(/C=C\c2ccc(S(=O)(=O)Nc3cccc(Cl)c3C)cc2)c1NC(=O)C1CC1. The molecule has 1 aromatic heterocycles. The third-order valence-electron chi connectivity index (χ3n) is 5.22. The first-order valence-electron chi connectivity index (χ1n) is 10.1. The van der Waals surface area contributed by atoms with Crippen molar-refractivity contribution in [1.29, 1.82) is 0 Å². The molecule has 0 radical (unpaired) electrons. The van der Waals surface area contributed by atoms with Crippen molar-refractivity contribution in [1.82, 2.24) is 5.16 Å². The number of sulfonamides is 1. The molecule has 32 heavy (non-hydrogen) atoms. The number of aryl methyl sites for hydroxylation is 1. The molecule has 1 aliphatic carbocycles. The molecule has 0 saturated heterocycles. The maximum absolute atomic E-state index is 12.7. The van der Waals surface area contributed by atoms with Crippen LogP contribution in [0.2, 0.25) is 5.02 Å². The summed E-state index contributed by atoms with van der Waals surface area (Å²) in [5, 5.41) is 7.28. The maximum atomic E-state index is 12.7. The van der Waals surface area contributed by atoms with Gasteiger partial charge >= 0.3 is 0 Å². The second kappa shape index (κ2) is 8.80. The fourth-order valence-corrected chi connectivity index (χ4v) is 4.37. The largest absolute Gasteiger partial charge is 0.354 e. The van der Waals surface area contributed by atoms with Crippen molar-refractivity contribution in [3.8, 4) is 0 Å². The van der Waals surface area contributed by atoms with Crippen molar-refractivity contribution in [2.24, 2.45) is 5.92 Å². The van der Waals surface area contributed by atoms with Crippen LogP contribution in [0, 0.1) is 19.8 Å². The van der Waals surface area contributed by atoms with E-state index >= 15 is 0 Å². The Hall–Kier alpha value is -3.10. The Bertz CT molecular complexity index is 1290. The quantitative estimate of drug-likeness (QED) is 0.489. The van der Waals surface area contributed by atoms with Crippen LogP contribution in [-0.2, 0) is 14.8 Å². The van der Waals surface area contributed by atoms with Gasteiger partial charge in [-0.05, 0) is 68.2 Å². The van der Waals surface area contributed by atoms with E-state index in [1.165, 1.54) is 12.1 Å². The Morgan fingerprint density at radius 1 is 1.12 bits per heavy atom. The second-order valence-electron chi connectivity index (χ2n) is 7.69. The van der Waals surface area contributed by atoms with Crippen LogP contribution < -0.4 is 10.0 Å². The number of hydrogen-bond acceptors (Lipinski definition) is 5. The van der Waals surface area contributed by atoms with Gasteiger partial charge in [0.2, 0.25) is 5.91 Å². The van der Waals surface area contributed by atoms with Gasteiger partial charge in [0.15, 0.2) is 5.76 Å². The highest BCUT2D eigenvalue weighted by Gasteiger charge is 2.30. The van der Waals surface area contributed by atoms with Crippen molar-refractivity contribution in [3.63, 3.8) is 0 Å². The molecule has 1 amide bonds. The lowest BCUT2D eigenvalue weighted by molar-refractivity contribution is -0.117. The van der Waals surface area contributed by atoms with E-state index in [0.29, 0.717) is 33.4 Å². The summed E-state index contributed by atoms with van der Waals surface area (Å²) in [4.78, 5) is 12.2. The molecule has 0 spiro atoms. The van der Waals surface area contributed by atoms with Crippen LogP contribution in [0.25, 0.3) is 12.2 Å². The molecule has 9 heteroatoms. The predicted octanol–water partition coefficient (Wildman–Crippen LogP) is 5.26. The number of halogens is 1. The van der Waals surface area contributed by atoms with E-state index in [1.54, 1.807) is 56.3 Å². The molecule has 1 aliphatic rings. The van der Waals surface area contributed by atoms with Crippen LogP contribution in [0.15, 0.2) is 51.9 Å². The highest BCUT2D eigenvalue weighted by Crippen LogP contribution is 2.32. The zero-order valence-corrected chi connectivity index (χ0v) is 19.1. The average molecular weight is 472 g/mol. The molecular formula is C23H22ClN3O4S. The molecule has 4 rings (SSSR count). The number of carbonyl (C=O) groups excluding carboxylic acids is 1. The summed E-state index contributed by atoms with van der Waals surface area (Å²) >= 11 is 6.08. The number of anilines is 2. The zero-order chi connectivity index (χ0) is 22.9. The van der Waals surface area contributed by atoms with Gasteiger partial charge in [0.1, 0.15) is 11.4 Å². The van der Waals surface area contributed by atoms with Crippen LogP contribution in [0.1, 0.15) is 35.4 Å². The molecule has 3 aromatic rings. The summed E-state index contributed by atoms with van der Waals surface area (Å²) in [5.74, 6) is 0.481. The maximum Gasteiger partial charge on any atom is 0.261 e. The van der Waals surface area contributed by atoms with Crippen molar-refractivity contribution >= 4 is 51.1 Å². The van der Waals surface area contributed by atoms with E-state index in [9.17, 15) is 13.2 Å². The number of nitrogens with zero attached hydrogens (tertiary/aromatic N) is 1. The number of carbonyl (C=O) groups is 1. The topological polar surface area (TPSA) is 101 Å². The minimum absolute atomic E-state index is 0.0250. The van der Waals surface area contributed by atoms with Gasteiger partial charge in [-0.1, -0.05) is 41.0 Å². The Kier molecular flexibility index (Phi) is 6.08. The second-order valence-corrected chi connectivity index (χ2v) is 9.78. The molecule has 1 fully saturated rings. The fourth-order valence-electron chi connectivity index (χ4n) is 3.08. The minimum Gasteiger partial charge on any atom is -0.354 e. The molecule has 0 atom stereocenters. The molecule has 2 aromatic carbocycles. The molecule has 0 unspecified atom stereocenters. The standard InChI is InChI=1S/C23H22ClN3O4S/c1-14-19(24)4-3-5-20(14)27-32(29,30)18-11-6-16(7-12-18)8-13-21-22(15(2)26-31-21)25-23(28)17-9-10-17/h3-8,11-13,17,27H,9-10H2,1-2H3,(H,25,28)/b13-8-. The molecule has 166 valence electrons. The van der Waals surface area contributed by atoms with E-state index in [0.717, 1.165) is 18.4 Å². The monoisotopic (exact) mass is 471 g/mol. The summed E-state index contributed by atoms with van der Waals surface area (Å²) in [6.07, 6.45) is 5.27. The van der Waals surface area contributed by atoms with Crippen molar-refractivity contribution < 1.29 is 17.7 Å². The first-order chi connectivity index (χ1) is 15.2. The highest BCUT2D eigenvalue weighted by molar-refractivity contribution is 7.92. The Morgan fingerprint density at radius 3 is 2.53 bits per heavy atom. The molecule has 0 aliphatic heterocycles. The molecule has 1 saturated carbocycles. The Labute approximate surface area is 191 Å². The van der Waals surface area contributed by atoms with Crippen molar-refractivity contribution in [3.05, 3.63) is 70.1 Å². The van der Waals surface area contributed by atoms with E-state index < -0.39 is 10.0 Å². The summed E-state index contributed by atoms with van der Waals surface area (Å²) in [6.45, 7) is 3.51. The first-order valence-corrected chi connectivity index (χ1v) is 11.9. The predicted molar refractivity (Wildman–Crippen MR) is 125 cm³/mol. The first kappa shape index (κ1) is 22.1. The highest BCUT2D eigenvalue weighted by atomic mass is 35.5. The van der Waals surface area contributed by atoms with E-state index in [-0.39, 0.29) is 16.7 Å². The van der Waals surface area contributed by atoms with Crippen molar-refractivity contribution in [2.45, 2.75) is 31.6 Å². The summed E-state index contributed by atoms with van der Waals surface area (Å²) in [5.41, 5.74) is 3.00. The van der Waals surface area contributed by atoms with E-state index in [4.69, 9.17) is 16.1 Å². The molecule has 7 nitrogen and oxygen atoms in total. The fraction of sp³-hybridized carbons (Fsp3) is 0.217.